The largest absolute Gasteiger partial charge is 0.356 e. The molecular formula is C18H19F4N3. The van der Waals surface area contributed by atoms with Gasteiger partial charge in [0.2, 0.25) is 0 Å². The lowest BCUT2D eigenvalue weighted by Crippen LogP contribution is -2.39. The van der Waals surface area contributed by atoms with Crippen LogP contribution < -0.4 is 10.6 Å². The van der Waals surface area contributed by atoms with Crippen LogP contribution in [0.1, 0.15) is 11.1 Å². The Morgan fingerprint density at radius 3 is 2.24 bits per heavy atom. The van der Waals surface area contributed by atoms with Gasteiger partial charge in [-0.15, -0.1) is 0 Å². The number of hydrogen-bond donors (Lipinski definition) is 2. The number of guanidine groups is 1. The van der Waals surface area contributed by atoms with Crippen LogP contribution in [0.4, 0.5) is 17.6 Å². The van der Waals surface area contributed by atoms with E-state index in [0.717, 1.165) is 24.3 Å². The molecule has 0 saturated carbocycles. The number of rotatable bonds is 6. The summed E-state index contributed by atoms with van der Waals surface area (Å²) in [6, 6.07) is 7.35. The first-order valence-electron chi connectivity index (χ1n) is 7.82. The molecule has 0 spiro atoms. The van der Waals surface area contributed by atoms with Gasteiger partial charge >= 0.3 is 0 Å². The van der Waals surface area contributed by atoms with Gasteiger partial charge in [-0.25, -0.2) is 17.6 Å². The molecule has 134 valence electrons. The fourth-order valence-electron chi connectivity index (χ4n) is 2.33. The van der Waals surface area contributed by atoms with Crippen molar-refractivity contribution in [3.05, 3.63) is 70.8 Å². The third kappa shape index (κ3) is 5.48. The lowest BCUT2D eigenvalue weighted by Gasteiger charge is -2.12. The summed E-state index contributed by atoms with van der Waals surface area (Å²) >= 11 is 0. The van der Waals surface area contributed by atoms with Crippen LogP contribution >= 0.6 is 0 Å². The number of nitrogens with one attached hydrogen (secondary N) is 2. The molecule has 0 bridgehead atoms. The van der Waals surface area contributed by atoms with Crippen molar-refractivity contribution in [2.24, 2.45) is 4.99 Å². The van der Waals surface area contributed by atoms with Gasteiger partial charge in [0.05, 0.1) is 0 Å². The molecule has 25 heavy (non-hydrogen) atoms. The first kappa shape index (κ1) is 18.8. The normalized spacial score (nSPS) is 11.5. The molecular weight excluding hydrogens is 334 g/mol. The van der Waals surface area contributed by atoms with Crippen LogP contribution in [0.2, 0.25) is 0 Å². The van der Waals surface area contributed by atoms with Crippen LogP contribution in [0, 0.1) is 23.3 Å². The maximum absolute atomic E-state index is 13.6. The summed E-state index contributed by atoms with van der Waals surface area (Å²) in [7, 11) is 1.56. The van der Waals surface area contributed by atoms with Gasteiger partial charge in [-0.2, -0.15) is 0 Å². The van der Waals surface area contributed by atoms with Crippen molar-refractivity contribution in [2.45, 2.75) is 12.8 Å². The second-order valence-electron chi connectivity index (χ2n) is 5.37. The van der Waals surface area contributed by atoms with Crippen molar-refractivity contribution in [2.75, 3.05) is 20.1 Å². The van der Waals surface area contributed by atoms with Crippen molar-refractivity contribution >= 4 is 5.96 Å². The topological polar surface area (TPSA) is 36.4 Å². The molecule has 0 aromatic heterocycles. The van der Waals surface area contributed by atoms with Gasteiger partial charge in [-0.3, -0.25) is 4.99 Å². The molecule has 0 aliphatic heterocycles. The lowest BCUT2D eigenvalue weighted by molar-refractivity contribution is 0.498. The Labute approximate surface area is 143 Å². The van der Waals surface area contributed by atoms with E-state index in [1.807, 2.05) is 0 Å². The van der Waals surface area contributed by atoms with E-state index in [2.05, 4.69) is 15.6 Å². The zero-order chi connectivity index (χ0) is 18.2. The van der Waals surface area contributed by atoms with Crippen molar-refractivity contribution < 1.29 is 17.6 Å². The van der Waals surface area contributed by atoms with Gasteiger partial charge in [-0.1, -0.05) is 12.1 Å². The summed E-state index contributed by atoms with van der Waals surface area (Å²) in [5.41, 5.74) is 0.537. The predicted molar refractivity (Wildman–Crippen MR) is 89.5 cm³/mol. The first-order valence-corrected chi connectivity index (χ1v) is 7.82. The van der Waals surface area contributed by atoms with Gasteiger partial charge in [0.1, 0.15) is 11.6 Å². The molecule has 0 atom stereocenters. The van der Waals surface area contributed by atoms with Crippen LogP contribution in [0.3, 0.4) is 0 Å². The van der Waals surface area contributed by atoms with Gasteiger partial charge < -0.3 is 10.6 Å². The maximum Gasteiger partial charge on any atom is 0.190 e. The molecule has 2 rings (SSSR count). The monoisotopic (exact) mass is 353 g/mol. The van der Waals surface area contributed by atoms with Gasteiger partial charge in [0.25, 0.3) is 0 Å². The van der Waals surface area contributed by atoms with Gasteiger partial charge in [0, 0.05) is 20.1 Å². The Bertz CT molecular complexity index is 737. The Hall–Kier alpha value is -2.57. The second-order valence-corrected chi connectivity index (χ2v) is 5.37. The molecule has 0 radical (unpaired) electrons. The van der Waals surface area contributed by atoms with E-state index in [-0.39, 0.29) is 24.0 Å². The highest BCUT2D eigenvalue weighted by Gasteiger charge is 2.08. The number of halogens is 4. The Morgan fingerprint density at radius 1 is 0.880 bits per heavy atom. The summed E-state index contributed by atoms with van der Waals surface area (Å²) < 4.78 is 53.3. The fraction of sp³-hybridized carbons (Fsp3) is 0.278. The van der Waals surface area contributed by atoms with E-state index >= 15 is 0 Å². The SMILES string of the molecule is CN=C(NCCc1cc(F)ccc1F)NCCc1cccc(F)c1F. The highest BCUT2D eigenvalue weighted by atomic mass is 19.2. The summed E-state index contributed by atoms with van der Waals surface area (Å²) in [5, 5.41) is 5.92. The van der Waals surface area contributed by atoms with Crippen LogP contribution in [0.25, 0.3) is 0 Å². The third-order valence-electron chi connectivity index (χ3n) is 3.64. The number of hydrogen-bond acceptors (Lipinski definition) is 1. The lowest BCUT2D eigenvalue weighted by atomic mass is 10.1. The average molecular weight is 353 g/mol. The molecule has 0 aliphatic carbocycles. The second kappa shape index (κ2) is 9.05. The summed E-state index contributed by atoms with van der Waals surface area (Å²) in [6.45, 7) is 0.683. The number of nitrogens with zero attached hydrogens (tertiary/aromatic N) is 1. The number of aliphatic imine (C=N–C) groups is 1. The molecule has 0 saturated heterocycles. The standard InChI is InChI=1S/C18H19F4N3/c1-23-18(24-9-7-12-3-2-4-16(21)17(12)22)25-10-8-13-11-14(19)5-6-15(13)20/h2-6,11H,7-10H2,1H3,(H2,23,24,25). The molecule has 0 fully saturated rings. The van der Waals surface area contributed by atoms with E-state index in [0.29, 0.717) is 19.0 Å². The minimum Gasteiger partial charge on any atom is -0.356 e. The summed E-state index contributed by atoms with van der Waals surface area (Å²) in [6.07, 6.45) is 0.561. The van der Waals surface area contributed by atoms with Crippen LogP contribution in [0.15, 0.2) is 41.4 Å². The van der Waals surface area contributed by atoms with Crippen molar-refractivity contribution in [3.8, 4) is 0 Å². The van der Waals surface area contributed by atoms with E-state index in [9.17, 15) is 17.6 Å². The van der Waals surface area contributed by atoms with Crippen molar-refractivity contribution in [1.82, 2.24) is 10.6 Å². The molecule has 0 unspecified atom stereocenters. The number of benzene rings is 2. The van der Waals surface area contributed by atoms with Crippen LogP contribution in [-0.4, -0.2) is 26.1 Å². The molecule has 2 aromatic rings. The highest BCUT2D eigenvalue weighted by Crippen LogP contribution is 2.11. The smallest absolute Gasteiger partial charge is 0.190 e. The Morgan fingerprint density at radius 2 is 1.56 bits per heavy atom. The third-order valence-corrected chi connectivity index (χ3v) is 3.64. The first-order chi connectivity index (χ1) is 12.0. The Balaban J connectivity index is 1.79. The molecule has 3 nitrogen and oxygen atoms in total. The molecule has 0 amide bonds. The van der Waals surface area contributed by atoms with Gasteiger partial charge in [-0.05, 0) is 48.2 Å². The zero-order valence-electron chi connectivity index (χ0n) is 13.8. The molecule has 0 heterocycles. The molecule has 7 heteroatoms. The van der Waals surface area contributed by atoms with E-state index < -0.39 is 23.3 Å². The minimum absolute atomic E-state index is 0.268. The predicted octanol–water partition coefficient (Wildman–Crippen LogP) is 3.19. The summed E-state index contributed by atoms with van der Waals surface area (Å²) in [5.74, 6) is -2.25. The molecule has 2 N–H and O–H groups in total. The highest BCUT2D eigenvalue weighted by molar-refractivity contribution is 5.79. The average Bonchev–Trinajstić information content (AvgIpc) is 2.60. The van der Waals surface area contributed by atoms with E-state index in [4.69, 9.17) is 0 Å². The van der Waals surface area contributed by atoms with Gasteiger partial charge in [0.15, 0.2) is 17.6 Å². The van der Waals surface area contributed by atoms with Crippen molar-refractivity contribution in [3.63, 3.8) is 0 Å². The van der Waals surface area contributed by atoms with E-state index in [1.54, 1.807) is 7.05 Å². The fourth-order valence-corrected chi connectivity index (χ4v) is 2.33. The Kier molecular flexibility index (Phi) is 6.80. The van der Waals surface area contributed by atoms with Crippen LogP contribution in [-0.2, 0) is 12.8 Å². The zero-order valence-corrected chi connectivity index (χ0v) is 13.8. The maximum atomic E-state index is 13.6. The molecule has 2 aromatic carbocycles. The minimum atomic E-state index is -0.878. The summed E-state index contributed by atoms with van der Waals surface area (Å²) in [4.78, 5) is 3.99. The van der Waals surface area contributed by atoms with E-state index in [1.165, 1.54) is 12.1 Å². The quantitative estimate of drug-likeness (QED) is 0.475. The molecule has 0 aliphatic rings. The van der Waals surface area contributed by atoms with Crippen LogP contribution in [0.5, 0.6) is 0 Å². The van der Waals surface area contributed by atoms with Crippen molar-refractivity contribution in [1.29, 1.82) is 0 Å².